The summed E-state index contributed by atoms with van der Waals surface area (Å²) in [4.78, 5) is 0. The smallest absolute Gasteiger partial charge is 0.00987 e. The highest BCUT2D eigenvalue weighted by atomic mass is 14.1. The van der Waals surface area contributed by atoms with Crippen molar-refractivity contribution in [2.75, 3.05) is 0 Å². The lowest BCUT2D eigenvalue weighted by Gasteiger charge is -2.12. The van der Waals surface area contributed by atoms with Gasteiger partial charge < -0.3 is 0 Å². The van der Waals surface area contributed by atoms with Crippen molar-refractivity contribution in [3.63, 3.8) is 0 Å². The topological polar surface area (TPSA) is 0 Å². The molecule has 0 nitrogen and oxygen atoms in total. The van der Waals surface area contributed by atoms with Gasteiger partial charge in [0.15, 0.2) is 0 Å². The van der Waals surface area contributed by atoms with Gasteiger partial charge in [0, 0.05) is 0 Å². The molecule has 0 atom stereocenters. The minimum absolute atomic E-state index is 1.16. The van der Waals surface area contributed by atoms with E-state index in [1.165, 1.54) is 38.1 Å². The molecule has 0 saturated carbocycles. The van der Waals surface area contributed by atoms with Crippen LogP contribution >= 0.6 is 0 Å². The van der Waals surface area contributed by atoms with Gasteiger partial charge in [-0.05, 0) is 49.5 Å². The van der Waals surface area contributed by atoms with Crippen molar-refractivity contribution in [3.05, 3.63) is 97.1 Å². The molecule has 0 aliphatic carbocycles. The minimum atomic E-state index is 1.16. The van der Waals surface area contributed by atoms with E-state index >= 15 is 0 Å². The van der Waals surface area contributed by atoms with Crippen LogP contribution < -0.4 is 0 Å². The monoisotopic (exact) mass is 303 g/mol. The predicted octanol–water partition coefficient (Wildman–Crippen LogP) is 6.61. The molecule has 5 aromatic carbocycles. The van der Waals surface area contributed by atoms with Gasteiger partial charge in [-0.25, -0.2) is 0 Å². The van der Waals surface area contributed by atoms with Gasteiger partial charge in [0.2, 0.25) is 0 Å². The Morgan fingerprint density at radius 1 is 0.458 bits per heavy atom. The van der Waals surface area contributed by atoms with Crippen LogP contribution in [0.1, 0.15) is 0 Å². The lowest BCUT2D eigenvalue weighted by molar-refractivity contribution is 1.69. The summed E-state index contributed by atoms with van der Waals surface area (Å²) >= 11 is 0. The molecule has 24 heavy (non-hydrogen) atoms. The van der Waals surface area contributed by atoms with Crippen LogP contribution in [0.2, 0.25) is 0 Å². The molecule has 5 rings (SSSR count). The molecule has 0 saturated heterocycles. The molecule has 0 aliphatic heterocycles. The molecular weight excluding hydrogens is 288 g/mol. The van der Waals surface area contributed by atoms with Gasteiger partial charge in [-0.1, -0.05) is 91.0 Å². The quantitative estimate of drug-likeness (QED) is 0.305. The molecule has 0 bridgehead atoms. The number of fused-ring (bicyclic) bond motifs is 4. The molecule has 0 aliphatic rings. The Kier molecular flexibility index (Phi) is 2.89. The minimum Gasteiger partial charge on any atom is -0.0616 e. The molecule has 0 fully saturated rings. The zero-order valence-electron chi connectivity index (χ0n) is 13.2. The Labute approximate surface area is 141 Å². The van der Waals surface area contributed by atoms with E-state index in [2.05, 4.69) is 91.0 Å². The van der Waals surface area contributed by atoms with Gasteiger partial charge in [-0.2, -0.15) is 0 Å². The van der Waals surface area contributed by atoms with E-state index in [9.17, 15) is 0 Å². The van der Waals surface area contributed by atoms with Crippen molar-refractivity contribution >= 4 is 32.3 Å². The summed E-state index contributed by atoms with van der Waals surface area (Å²) in [5.41, 5.74) is 2.55. The zero-order chi connectivity index (χ0) is 15.9. The number of rotatable bonds is 1. The SMILES string of the molecule is [c]1cccc2c(-c3cccc4c3ccc3ccccc34)cccc12. The van der Waals surface area contributed by atoms with Crippen LogP contribution in [0.15, 0.2) is 91.0 Å². The van der Waals surface area contributed by atoms with E-state index in [4.69, 9.17) is 0 Å². The fourth-order valence-corrected chi connectivity index (χ4v) is 3.66. The normalized spacial score (nSPS) is 11.3. The maximum Gasteiger partial charge on any atom is -0.00987 e. The van der Waals surface area contributed by atoms with Crippen molar-refractivity contribution in [2.24, 2.45) is 0 Å². The molecule has 1 radical (unpaired) electrons. The number of benzene rings is 5. The standard InChI is InChI=1S/C24H15/c1-3-10-19-17(7-1)9-5-12-21(19)23-14-6-13-22-20-11-4-2-8-18(20)15-16-24(22)23/h1-6,8-16H. The van der Waals surface area contributed by atoms with Crippen molar-refractivity contribution in [1.82, 2.24) is 0 Å². The highest BCUT2D eigenvalue weighted by molar-refractivity contribution is 6.14. The summed E-state index contributed by atoms with van der Waals surface area (Å²) in [6.45, 7) is 0. The number of hydrogen-bond acceptors (Lipinski definition) is 0. The van der Waals surface area contributed by atoms with Crippen LogP contribution in [0, 0.1) is 6.07 Å². The van der Waals surface area contributed by atoms with E-state index < -0.39 is 0 Å². The highest BCUT2D eigenvalue weighted by Crippen LogP contribution is 2.36. The van der Waals surface area contributed by atoms with Crippen LogP contribution in [0.3, 0.4) is 0 Å². The Bertz CT molecular complexity index is 1190. The van der Waals surface area contributed by atoms with E-state index in [1.54, 1.807) is 0 Å². The van der Waals surface area contributed by atoms with E-state index in [-0.39, 0.29) is 0 Å². The molecule has 0 amide bonds. The van der Waals surface area contributed by atoms with Crippen LogP contribution in [0.4, 0.5) is 0 Å². The average molecular weight is 303 g/mol. The summed E-state index contributed by atoms with van der Waals surface area (Å²) in [5.74, 6) is 0. The van der Waals surface area contributed by atoms with E-state index in [0.29, 0.717) is 0 Å². The Hall–Kier alpha value is -3.12. The fourth-order valence-electron chi connectivity index (χ4n) is 3.66. The van der Waals surface area contributed by atoms with Crippen LogP contribution in [0.25, 0.3) is 43.4 Å². The van der Waals surface area contributed by atoms with Gasteiger partial charge in [0.1, 0.15) is 0 Å². The number of hydrogen-bond donors (Lipinski definition) is 0. The van der Waals surface area contributed by atoms with Gasteiger partial charge >= 0.3 is 0 Å². The van der Waals surface area contributed by atoms with E-state index in [0.717, 1.165) is 5.39 Å². The van der Waals surface area contributed by atoms with Gasteiger partial charge in [-0.15, -0.1) is 0 Å². The van der Waals surface area contributed by atoms with Crippen molar-refractivity contribution in [3.8, 4) is 11.1 Å². The summed E-state index contributed by atoms with van der Waals surface area (Å²) in [7, 11) is 0. The van der Waals surface area contributed by atoms with Crippen LogP contribution in [0.5, 0.6) is 0 Å². The molecule has 5 aromatic rings. The second-order valence-corrected chi connectivity index (χ2v) is 6.12. The molecule has 0 aromatic heterocycles. The summed E-state index contributed by atoms with van der Waals surface area (Å²) in [6, 6.07) is 35.7. The second kappa shape index (κ2) is 5.21. The first-order valence-electron chi connectivity index (χ1n) is 8.22. The maximum absolute atomic E-state index is 3.34. The van der Waals surface area contributed by atoms with Crippen LogP contribution in [-0.4, -0.2) is 0 Å². The molecule has 0 spiro atoms. The summed E-state index contributed by atoms with van der Waals surface area (Å²) < 4.78 is 0. The third-order valence-electron chi connectivity index (χ3n) is 4.78. The largest absolute Gasteiger partial charge is 0.0616 e. The van der Waals surface area contributed by atoms with Crippen LogP contribution in [-0.2, 0) is 0 Å². The molecule has 111 valence electrons. The third-order valence-corrected chi connectivity index (χ3v) is 4.78. The molecular formula is C24H15. The van der Waals surface area contributed by atoms with Gasteiger partial charge in [0.05, 0.1) is 0 Å². The molecule has 0 heteroatoms. The molecule has 0 unspecified atom stereocenters. The predicted molar refractivity (Wildman–Crippen MR) is 103 cm³/mol. The van der Waals surface area contributed by atoms with E-state index in [1.807, 2.05) is 6.07 Å². The Morgan fingerprint density at radius 3 is 2.17 bits per heavy atom. The Balaban J connectivity index is 1.91. The van der Waals surface area contributed by atoms with Crippen molar-refractivity contribution < 1.29 is 0 Å². The lowest BCUT2D eigenvalue weighted by atomic mass is 9.92. The maximum atomic E-state index is 3.34. The molecule has 0 N–H and O–H groups in total. The Morgan fingerprint density at radius 2 is 1.21 bits per heavy atom. The second-order valence-electron chi connectivity index (χ2n) is 6.12. The average Bonchev–Trinajstić information content (AvgIpc) is 2.67. The summed E-state index contributed by atoms with van der Waals surface area (Å²) in [6.07, 6.45) is 0. The zero-order valence-corrected chi connectivity index (χ0v) is 13.2. The molecule has 0 heterocycles. The van der Waals surface area contributed by atoms with Crippen molar-refractivity contribution in [1.29, 1.82) is 0 Å². The lowest BCUT2D eigenvalue weighted by Crippen LogP contribution is -1.85. The first-order valence-corrected chi connectivity index (χ1v) is 8.22. The van der Waals surface area contributed by atoms with Gasteiger partial charge in [0.25, 0.3) is 0 Å². The van der Waals surface area contributed by atoms with Crippen molar-refractivity contribution in [2.45, 2.75) is 0 Å². The van der Waals surface area contributed by atoms with Gasteiger partial charge in [-0.3, -0.25) is 0 Å². The third kappa shape index (κ3) is 1.93. The first kappa shape index (κ1) is 13.3. The summed E-state index contributed by atoms with van der Waals surface area (Å²) in [5, 5.41) is 7.61. The highest BCUT2D eigenvalue weighted by Gasteiger charge is 2.09. The fraction of sp³-hybridized carbons (Fsp3) is 0. The first-order chi connectivity index (χ1) is 11.9.